The Balaban J connectivity index is 1.69. The highest BCUT2D eigenvalue weighted by Gasteiger charge is 2.20. The Hall–Kier alpha value is -3.35. The topological polar surface area (TPSA) is 94.1 Å². The van der Waals surface area contributed by atoms with Crippen LogP contribution in [0.1, 0.15) is 32.1 Å². The van der Waals surface area contributed by atoms with Gasteiger partial charge in [-0.2, -0.15) is 4.73 Å². The van der Waals surface area contributed by atoms with Gasteiger partial charge in [0.2, 0.25) is 0 Å². The highest BCUT2D eigenvalue weighted by Crippen LogP contribution is 2.26. The molecule has 2 N–H and O–H groups in total. The third-order valence-corrected chi connectivity index (χ3v) is 4.10. The van der Waals surface area contributed by atoms with E-state index in [1.165, 1.54) is 12.4 Å². The Morgan fingerprint density at radius 3 is 2.37 bits per heavy atom. The SMILES string of the molecule is Cc1cc(-c2cc[n+]([O-])cc2)ccc1NC(=O)Nc1cc(C(C)(C)C)on1. The molecule has 0 aliphatic rings. The van der Waals surface area contributed by atoms with E-state index >= 15 is 0 Å². The molecule has 3 aromatic rings. The molecule has 0 aliphatic carbocycles. The minimum Gasteiger partial charge on any atom is -0.619 e. The van der Waals surface area contributed by atoms with Crippen LogP contribution >= 0.6 is 0 Å². The van der Waals surface area contributed by atoms with Gasteiger partial charge < -0.3 is 15.0 Å². The normalized spacial score (nSPS) is 11.3. The number of aromatic nitrogens is 2. The van der Waals surface area contributed by atoms with Crippen molar-refractivity contribution < 1.29 is 14.0 Å². The molecule has 0 aliphatic heterocycles. The van der Waals surface area contributed by atoms with Gasteiger partial charge in [-0.05, 0) is 35.7 Å². The molecule has 2 amide bonds. The summed E-state index contributed by atoms with van der Waals surface area (Å²) in [6.45, 7) is 7.92. The van der Waals surface area contributed by atoms with Crippen LogP contribution in [-0.4, -0.2) is 11.2 Å². The van der Waals surface area contributed by atoms with Gasteiger partial charge in [0.15, 0.2) is 18.2 Å². The summed E-state index contributed by atoms with van der Waals surface area (Å²) in [7, 11) is 0. The van der Waals surface area contributed by atoms with E-state index in [0.717, 1.165) is 21.4 Å². The smallest absolute Gasteiger partial charge is 0.324 e. The Bertz CT molecular complexity index is 956. The molecule has 0 spiro atoms. The van der Waals surface area contributed by atoms with E-state index in [0.29, 0.717) is 17.3 Å². The third-order valence-electron chi connectivity index (χ3n) is 4.10. The van der Waals surface area contributed by atoms with Gasteiger partial charge in [0.05, 0.1) is 0 Å². The molecule has 7 heteroatoms. The number of carbonyl (C=O) groups is 1. The Kier molecular flexibility index (Phi) is 4.85. The van der Waals surface area contributed by atoms with Crippen LogP contribution in [0.4, 0.5) is 16.3 Å². The number of nitrogens with one attached hydrogen (secondary N) is 2. The minimum atomic E-state index is -0.397. The van der Waals surface area contributed by atoms with Crippen LogP contribution in [0.25, 0.3) is 11.1 Å². The number of urea groups is 1. The summed E-state index contributed by atoms with van der Waals surface area (Å²) in [6, 6.07) is 10.5. The Morgan fingerprint density at radius 1 is 1.07 bits per heavy atom. The highest BCUT2D eigenvalue weighted by molar-refractivity contribution is 5.99. The van der Waals surface area contributed by atoms with Gasteiger partial charge in [-0.1, -0.05) is 32.0 Å². The van der Waals surface area contributed by atoms with Crippen LogP contribution in [0.15, 0.2) is 53.3 Å². The van der Waals surface area contributed by atoms with Gasteiger partial charge in [-0.25, -0.2) is 4.79 Å². The number of rotatable bonds is 3. The molecule has 0 unspecified atom stereocenters. The van der Waals surface area contributed by atoms with Crippen molar-refractivity contribution in [2.24, 2.45) is 0 Å². The monoisotopic (exact) mass is 366 g/mol. The molecule has 0 saturated carbocycles. The third kappa shape index (κ3) is 4.44. The van der Waals surface area contributed by atoms with Crippen molar-refractivity contribution in [3.05, 3.63) is 65.3 Å². The first kappa shape index (κ1) is 18.4. The second-order valence-electron chi connectivity index (χ2n) is 7.38. The molecule has 0 radical (unpaired) electrons. The van der Waals surface area contributed by atoms with Crippen molar-refractivity contribution in [3.8, 4) is 11.1 Å². The lowest BCUT2D eigenvalue weighted by atomic mass is 9.93. The summed E-state index contributed by atoms with van der Waals surface area (Å²) in [5.74, 6) is 1.06. The van der Waals surface area contributed by atoms with Gasteiger partial charge >= 0.3 is 6.03 Å². The predicted octanol–water partition coefficient (Wildman–Crippen LogP) is 4.22. The number of benzene rings is 1. The van der Waals surface area contributed by atoms with Crippen molar-refractivity contribution in [2.75, 3.05) is 10.6 Å². The van der Waals surface area contributed by atoms with Crippen molar-refractivity contribution in [1.29, 1.82) is 0 Å². The average molecular weight is 366 g/mol. The summed E-state index contributed by atoms with van der Waals surface area (Å²) in [5.41, 5.74) is 3.30. The first-order valence-electron chi connectivity index (χ1n) is 8.57. The zero-order valence-corrected chi connectivity index (χ0v) is 15.7. The molecule has 7 nitrogen and oxygen atoms in total. The van der Waals surface area contributed by atoms with E-state index in [4.69, 9.17) is 4.52 Å². The van der Waals surface area contributed by atoms with E-state index in [9.17, 15) is 10.0 Å². The van der Waals surface area contributed by atoms with Crippen molar-refractivity contribution in [1.82, 2.24) is 5.16 Å². The maximum atomic E-state index is 12.2. The van der Waals surface area contributed by atoms with E-state index < -0.39 is 6.03 Å². The number of hydrogen-bond donors (Lipinski definition) is 2. The molecule has 2 heterocycles. The second kappa shape index (κ2) is 7.11. The number of anilines is 2. The second-order valence-corrected chi connectivity index (χ2v) is 7.38. The molecule has 0 fully saturated rings. The standard InChI is InChI=1S/C20H22N4O3/c1-13-11-15(14-7-9-24(26)10-8-14)5-6-16(13)21-19(25)22-18-12-17(27-23-18)20(2,3)4/h5-12H,1-4H3,(H2,21,22,23,25). The van der Waals surface area contributed by atoms with Gasteiger partial charge in [0, 0.05) is 29.3 Å². The molecule has 140 valence electrons. The molecule has 1 aromatic carbocycles. The number of carbonyl (C=O) groups excluding carboxylic acids is 1. The fraction of sp³-hybridized carbons (Fsp3) is 0.250. The summed E-state index contributed by atoms with van der Waals surface area (Å²) in [5, 5.41) is 20.5. The van der Waals surface area contributed by atoms with Crippen LogP contribution in [-0.2, 0) is 5.41 Å². The van der Waals surface area contributed by atoms with E-state index in [1.54, 1.807) is 18.2 Å². The molecule has 0 bridgehead atoms. The largest absolute Gasteiger partial charge is 0.619 e. The zero-order valence-electron chi connectivity index (χ0n) is 15.7. The number of nitrogens with zero attached hydrogens (tertiary/aromatic N) is 2. The van der Waals surface area contributed by atoms with Gasteiger partial charge in [0.1, 0.15) is 5.76 Å². The van der Waals surface area contributed by atoms with Crippen molar-refractivity contribution in [3.63, 3.8) is 0 Å². The van der Waals surface area contributed by atoms with Crippen LogP contribution in [0.3, 0.4) is 0 Å². The summed E-state index contributed by atoms with van der Waals surface area (Å²) < 4.78 is 6.00. The quantitative estimate of drug-likeness (QED) is 0.536. The predicted molar refractivity (Wildman–Crippen MR) is 103 cm³/mol. The van der Waals surface area contributed by atoms with Crippen molar-refractivity contribution in [2.45, 2.75) is 33.1 Å². The number of hydrogen-bond acceptors (Lipinski definition) is 4. The van der Waals surface area contributed by atoms with Gasteiger partial charge in [0.25, 0.3) is 0 Å². The summed E-state index contributed by atoms with van der Waals surface area (Å²) >= 11 is 0. The highest BCUT2D eigenvalue weighted by atomic mass is 16.5. The maximum absolute atomic E-state index is 12.2. The number of aryl methyl sites for hydroxylation is 1. The number of pyridine rings is 1. The molecule has 2 aromatic heterocycles. The first-order chi connectivity index (χ1) is 12.7. The van der Waals surface area contributed by atoms with Crippen LogP contribution in [0.5, 0.6) is 0 Å². The maximum Gasteiger partial charge on any atom is 0.324 e. The fourth-order valence-electron chi connectivity index (χ4n) is 2.55. The fourth-order valence-corrected chi connectivity index (χ4v) is 2.55. The minimum absolute atomic E-state index is 0.182. The Labute approximate surface area is 157 Å². The molecule has 0 atom stereocenters. The van der Waals surface area contributed by atoms with Crippen LogP contribution < -0.4 is 15.4 Å². The molecule has 27 heavy (non-hydrogen) atoms. The molecule has 3 rings (SSSR count). The summed E-state index contributed by atoms with van der Waals surface area (Å²) in [4.78, 5) is 12.2. The molecular weight excluding hydrogens is 344 g/mol. The first-order valence-corrected chi connectivity index (χ1v) is 8.57. The van der Waals surface area contributed by atoms with E-state index in [-0.39, 0.29) is 5.41 Å². The summed E-state index contributed by atoms with van der Waals surface area (Å²) in [6.07, 6.45) is 2.90. The lowest BCUT2D eigenvalue weighted by Crippen LogP contribution is -2.23. The lowest BCUT2D eigenvalue weighted by molar-refractivity contribution is -0.605. The lowest BCUT2D eigenvalue weighted by Gasteiger charge is -2.12. The number of amides is 2. The average Bonchev–Trinajstić information content (AvgIpc) is 3.06. The zero-order chi connectivity index (χ0) is 19.6. The molecule has 0 saturated heterocycles. The van der Waals surface area contributed by atoms with Gasteiger partial charge in [-0.15, -0.1) is 0 Å². The van der Waals surface area contributed by atoms with Gasteiger partial charge in [-0.3, -0.25) is 5.32 Å². The van der Waals surface area contributed by atoms with Crippen LogP contribution in [0.2, 0.25) is 0 Å². The van der Waals surface area contributed by atoms with Crippen LogP contribution in [0, 0.1) is 12.1 Å². The molecular formula is C20H22N4O3. The van der Waals surface area contributed by atoms with E-state index in [1.807, 2.05) is 45.9 Å². The van der Waals surface area contributed by atoms with E-state index in [2.05, 4.69) is 15.8 Å². The Morgan fingerprint density at radius 2 is 1.78 bits per heavy atom. The van der Waals surface area contributed by atoms with Crippen molar-refractivity contribution >= 4 is 17.5 Å².